The lowest BCUT2D eigenvalue weighted by atomic mass is 10.1. The molecule has 1 aromatic rings. The summed E-state index contributed by atoms with van der Waals surface area (Å²) >= 11 is 0. The molecule has 1 atom stereocenters. The fourth-order valence-corrected chi connectivity index (χ4v) is 2.26. The van der Waals surface area contributed by atoms with Gasteiger partial charge in [-0.05, 0) is 34.2 Å². The lowest BCUT2D eigenvalue weighted by Crippen LogP contribution is -2.14. The van der Waals surface area contributed by atoms with Crippen LogP contribution in [0.5, 0.6) is 0 Å². The topological polar surface area (TPSA) is 48.3 Å². The number of nitrogens with one attached hydrogen (secondary N) is 1. The van der Waals surface area contributed by atoms with Crippen LogP contribution >= 0.6 is 0 Å². The van der Waals surface area contributed by atoms with Crippen molar-refractivity contribution >= 4 is 0 Å². The van der Waals surface area contributed by atoms with Gasteiger partial charge in [-0.3, -0.25) is 4.68 Å². The smallest absolute Gasteiger partial charge is 0.0700 e. The Kier molecular flexibility index (Phi) is 7.05. The van der Waals surface area contributed by atoms with Crippen LogP contribution in [0.15, 0.2) is 0 Å². The summed E-state index contributed by atoms with van der Waals surface area (Å²) in [6.45, 7) is 9.33. The molecular formula is C14H27N3O2. The van der Waals surface area contributed by atoms with Gasteiger partial charge in [0.15, 0.2) is 0 Å². The standard InChI is InChI=1S/C14H27N3O2/c1-11(15-4)14-12(2)16-17(13(14)3)7-6-8-19-10-9-18-5/h11,15H,6-10H2,1-5H3. The van der Waals surface area contributed by atoms with Gasteiger partial charge in [0, 0.05) is 37.6 Å². The highest BCUT2D eigenvalue weighted by Gasteiger charge is 2.15. The van der Waals surface area contributed by atoms with Gasteiger partial charge >= 0.3 is 0 Å². The molecule has 0 spiro atoms. The second-order valence-corrected chi connectivity index (χ2v) is 4.78. The summed E-state index contributed by atoms with van der Waals surface area (Å²) in [5.74, 6) is 0. The van der Waals surface area contributed by atoms with Crippen molar-refractivity contribution in [3.63, 3.8) is 0 Å². The Balaban J connectivity index is 2.46. The second kappa shape index (κ2) is 8.30. The van der Waals surface area contributed by atoms with Gasteiger partial charge in [0.1, 0.15) is 0 Å². The predicted octanol–water partition coefficient (Wildman–Crippen LogP) is 1.83. The lowest BCUT2D eigenvalue weighted by molar-refractivity contribution is 0.0676. The first-order valence-corrected chi connectivity index (χ1v) is 6.89. The summed E-state index contributed by atoms with van der Waals surface area (Å²) in [5.41, 5.74) is 3.67. The van der Waals surface area contributed by atoms with Crippen LogP contribution in [0, 0.1) is 13.8 Å². The van der Waals surface area contributed by atoms with Crippen LogP contribution in [-0.2, 0) is 16.0 Å². The van der Waals surface area contributed by atoms with E-state index in [1.165, 1.54) is 11.3 Å². The van der Waals surface area contributed by atoms with E-state index in [0.29, 0.717) is 19.3 Å². The fourth-order valence-electron chi connectivity index (χ4n) is 2.26. The minimum atomic E-state index is 0.340. The summed E-state index contributed by atoms with van der Waals surface area (Å²) in [6, 6.07) is 0.340. The summed E-state index contributed by atoms with van der Waals surface area (Å²) in [7, 11) is 3.66. The van der Waals surface area contributed by atoms with E-state index in [1.807, 2.05) is 7.05 Å². The number of hydrogen-bond donors (Lipinski definition) is 1. The van der Waals surface area contributed by atoms with Crippen molar-refractivity contribution in [1.29, 1.82) is 0 Å². The molecule has 19 heavy (non-hydrogen) atoms. The first kappa shape index (κ1) is 16.1. The van der Waals surface area contributed by atoms with Crippen LogP contribution in [-0.4, -0.2) is 43.8 Å². The molecule has 0 aliphatic rings. The van der Waals surface area contributed by atoms with E-state index < -0.39 is 0 Å². The van der Waals surface area contributed by atoms with E-state index in [1.54, 1.807) is 7.11 Å². The molecule has 0 aromatic carbocycles. The maximum atomic E-state index is 5.46. The average molecular weight is 269 g/mol. The van der Waals surface area contributed by atoms with Gasteiger partial charge in [-0.25, -0.2) is 0 Å². The number of nitrogens with zero attached hydrogens (tertiary/aromatic N) is 2. The third-order valence-electron chi connectivity index (χ3n) is 3.39. The summed E-state index contributed by atoms with van der Waals surface area (Å²) in [6.07, 6.45) is 0.971. The zero-order valence-electron chi connectivity index (χ0n) is 12.8. The van der Waals surface area contributed by atoms with Crippen LogP contribution in [0.2, 0.25) is 0 Å². The van der Waals surface area contributed by atoms with Crippen LogP contribution in [0.3, 0.4) is 0 Å². The first-order valence-electron chi connectivity index (χ1n) is 6.89. The minimum absolute atomic E-state index is 0.340. The van der Waals surface area contributed by atoms with Crippen molar-refractivity contribution in [1.82, 2.24) is 15.1 Å². The molecule has 0 aliphatic carbocycles. The maximum Gasteiger partial charge on any atom is 0.0700 e. The highest BCUT2D eigenvalue weighted by molar-refractivity contribution is 5.27. The van der Waals surface area contributed by atoms with E-state index in [4.69, 9.17) is 9.47 Å². The lowest BCUT2D eigenvalue weighted by Gasteiger charge is -2.11. The average Bonchev–Trinajstić information content (AvgIpc) is 2.68. The Hall–Kier alpha value is -0.910. The van der Waals surface area contributed by atoms with Crippen LogP contribution < -0.4 is 5.32 Å². The molecular weight excluding hydrogens is 242 g/mol. The van der Waals surface area contributed by atoms with E-state index in [9.17, 15) is 0 Å². The van der Waals surface area contributed by atoms with Gasteiger partial charge in [0.05, 0.1) is 18.9 Å². The molecule has 1 aromatic heterocycles. The SMILES string of the molecule is CNC(C)c1c(C)nn(CCCOCCOC)c1C. The van der Waals surface area contributed by atoms with Crippen molar-refractivity contribution in [2.45, 2.75) is 39.8 Å². The van der Waals surface area contributed by atoms with Gasteiger partial charge < -0.3 is 14.8 Å². The van der Waals surface area contributed by atoms with Crippen LogP contribution in [0.4, 0.5) is 0 Å². The molecule has 5 nitrogen and oxygen atoms in total. The molecule has 0 fully saturated rings. The molecule has 1 unspecified atom stereocenters. The zero-order chi connectivity index (χ0) is 14.3. The summed E-state index contributed by atoms with van der Waals surface area (Å²) < 4.78 is 12.5. The van der Waals surface area contributed by atoms with Crippen molar-refractivity contribution in [2.75, 3.05) is 34.0 Å². The van der Waals surface area contributed by atoms with Crippen molar-refractivity contribution in [3.8, 4) is 0 Å². The predicted molar refractivity (Wildman–Crippen MR) is 76.5 cm³/mol. The monoisotopic (exact) mass is 269 g/mol. The summed E-state index contributed by atoms with van der Waals surface area (Å²) in [4.78, 5) is 0. The number of rotatable bonds is 9. The van der Waals surface area contributed by atoms with E-state index >= 15 is 0 Å². The number of aryl methyl sites for hydroxylation is 2. The molecule has 0 amide bonds. The third-order valence-corrected chi connectivity index (χ3v) is 3.39. The number of hydrogen-bond acceptors (Lipinski definition) is 4. The quantitative estimate of drug-likeness (QED) is 0.695. The van der Waals surface area contributed by atoms with Crippen molar-refractivity contribution in [3.05, 3.63) is 17.0 Å². The third kappa shape index (κ3) is 4.60. The Morgan fingerprint density at radius 1 is 1.26 bits per heavy atom. The molecule has 1 N–H and O–H groups in total. The fraction of sp³-hybridized carbons (Fsp3) is 0.786. The number of methoxy groups -OCH3 is 1. The van der Waals surface area contributed by atoms with Crippen molar-refractivity contribution in [2.24, 2.45) is 0 Å². The molecule has 0 aliphatic heterocycles. The highest BCUT2D eigenvalue weighted by atomic mass is 16.5. The highest BCUT2D eigenvalue weighted by Crippen LogP contribution is 2.20. The Bertz CT molecular complexity index is 377. The normalized spacial score (nSPS) is 12.9. The molecule has 0 bridgehead atoms. The molecule has 1 heterocycles. The van der Waals surface area contributed by atoms with E-state index in [0.717, 1.165) is 25.3 Å². The van der Waals surface area contributed by atoms with Crippen molar-refractivity contribution < 1.29 is 9.47 Å². The molecule has 1 rings (SSSR count). The van der Waals surface area contributed by atoms with Gasteiger partial charge in [-0.2, -0.15) is 5.10 Å². The largest absolute Gasteiger partial charge is 0.382 e. The van der Waals surface area contributed by atoms with Gasteiger partial charge in [0.2, 0.25) is 0 Å². The van der Waals surface area contributed by atoms with E-state index in [-0.39, 0.29) is 0 Å². The van der Waals surface area contributed by atoms with Crippen LogP contribution in [0.25, 0.3) is 0 Å². The van der Waals surface area contributed by atoms with Crippen LogP contribution in [0.1, 0.15) is 36.3 Å². The van der Waals surface area contributed by atoms with Gasteiger partial charge in [-0.1, -0.05) is 0 Å². The summed E-state index contributed by atoms with van der Waals surface area (Å²) in [5, 5.41) is 7.88. The van der Waals surface area contributed by atoms with Gasteiger partial charge in [-0.15, -0.1) is 0 Å². The molecule has 110 valence electrons. The number of aromatic nitrogens is 2. The zero-order valence-corrected chi connectivity index (χ0v) is 12.8. The molecule has 0 saturated heterocycles. The van der Waals surface area contributed by atoms with E-state index in [2.05, 4.69) is 35.9 Å². The molecule has 5 heteroatoms. The Morgan fingerprint density at radius 2 is 2.00 bits per heavy atom. The number of ether oxygens (including phenoxy) is 2. The Morgan fingerprint density at radius 3 is 2.63 bits per heavy atom. The molecule has 0 saturated carbocycles. The first-order chi connectivity index (χ1) is 9.11. The second-order valence-electron chi connectivity index (χ2n) is 4.78. The minimum Gasteiger partial charge on any atom is -0.382 e. The molecule has 0 radical (unpaired) electrons. The maximum absolute atomic E-state index is 5.46. The van der Waals surface area contributed by atoms with Gasteiger partial charge in [0.25, 0.3) is 0 Å². The Labute approximate surface area is 116 Å².